The van der Waals surface area contributed by atoms with E-state index in [1.165, 1.54) is 56.9 Å². The van der Waals surface area contributed by atoms with E-state index in [1.54, 1.807) is 0 Å². The van der Waals surface area contributed by atoms with E-state index >= 15 is 0 Å². The summed E-state index contributed by atoms with van der Waals surface area (Å²) in [6, 6.07) is 8.64. The standard InChI is InChI=1S/C29H45N3O3/c1-5-6-7-8-9-10-11-12-14-22-17-19-23(20-18-22)26-31-27(35-32-26)24-15-13-16-25(21-24)30-28(33)34-29(2,3)4/h17-20,24-25H,5-16,21H2,1-4H3,(H,30,33)/t24-,25+/m1/s1. The highest BCUT2D eigenvalue weighted by molar-refractivity contribution is 5.68. The van der Waals surface area contributed by atoms with Crippen LogP contribution in [0.2, 0.25) is 0 Å². The number of carbonyl (C=O) groups excluding carboxylic acids is 1. The number of hydrogen-bond acceptors (Lipinski definition) is 5. The van der Waals surface area contributed by atoms with Gasteiger partial charge in [-0.2, -0.15) is 4.98 Å². The number of nitrogens with one attached hydrogen (secondary N) is 1. The van der Waals surface area contributed by atoms with E-state index in [9.17, 15) is 4.79 Å². The molecule has 1 aromatic carbocycles. The molecule has 1 aromatic heterocycles. The van der Waals surface area contributed by atoms with Gasteiger partial charge in [0.05, 0.1) is 0 Å². The molecule has 1 aliphatic carbocycles. The largest absolute Gasteiger partial charge is 0.444 e. The number of alkyl carbamates (subject to hydrolysis) is 1. The van der Waals surface area contributed by atoms with Crippen LogP contribution in [-0.2, 0) is 11.2 Å². The van der Waals surface area contributed by atoms with Gasteiger partial charge in [-0.25, -0.2) is 4.79 Å². The van der Waals surface area contributed by atoms with Gasteiger partial charge >= 0.3 is 6.09 Å². The quantitative estimate of drug-likeness (QED) is 0.310. The minimum absolute atomic E-state index is 0.0644. The molecule has 35 heavy (non-hydrogen) atoms. The van der Waals surface area contributed by atoms with Crippen molar-refractivity contribution in [3.05, 3.63) is 35.7 Å². The van der Waals surface area contributed by atoms with Crippen LogP contribution in [0.3, 0.4) is 0 Å². The first-order valence-corrected chi connectivity index (χ1v) is 13.8. The molecule has 1 saturated carbocycles. The number of amides is 1. The monoisotopic (exact) mass is 483 g/mol. The molecule has 1 fully saturated rings. The maximum absolute atomic E-state index is 12.1. The fraction of sp³-hybridized carbons (Fsp3) is 0.690. The molecule has 1 aliphatic rings. The predicted molar refractivity (Wildman–Crippen MR) is 140 cm³/mol. The summed E-state index contributed by atoms with van der Waals surface area (Å²) in [5.41, 5.74) is 1.86. The zero-order valence-electron chi connectivity index (χ0n) is 22.3. The van der Waals surface area contributed by atoms with Gasteiger partial charge in [0.1, 0.15) is 5.60 Å². The van der Waals surface area contributed by atoms with E-state index < -0.39 is 5.60 Å². The highest BCUT2D eigenvalue weighted by Crippen LogP contribution is 2.33. The Labute approximate surface area is 211 Å². The zero-order chi connectivity index (χ0) is 25.1. The predicted octanol–water partition coefficient (Wildman–Crippen LogP) is 7.97. The molecule has 0 bridgehead atoms. The van der Waals surface area contributed by atoms with Gasteiger partial charge in [-0.05, 0) is 58.4 Å². The number of benzene rings is 1. The van der Waals surface area contributed by atoms with E-state index in [-0.39, 0.29) is 18.1 Å². The Bertz CT molecular complexity index is 885. The van der Waals surface area contributed by atoms with Crippen LogP contribution in [0, 0.1) is 0 Å². The first-order chi connectivity index (χ1) is 16.8. The Hall–Kier alpha value is -2.37. The minimum Gasteiger partial charge on any atom is -0.444 e. The summed E-state index contributed by atoms with van der Waals surface area (Å²) in [5, 5.41) is 7.25. The molecule has 0 saturated heterocycles. The molecule has 2 aromatic rings. The summed E-state index contributed by atoms with van der Waals surface area (Å²) >= 11 is 0. The van der Waals surface area contributed by atoms with Crippen LogP contribution in [0.5, 0.6) is 0 Å². The number of carbonyl (C=O) groups is 1. The van der Waals surface area contributed by atoms with E-state index in [0.717, 1.165) is 37.7 Å². The van der Waals surface area contributed by atoms with Crippen molar-refractivity contribution < 1.29 is 14.1 Å². The zero-order valence-corrected chi connectivity index (χ0v) is 22.3. The number of aryl methyl sites for hydroxylation is 1. The molecule has 1 heterocycles. The van der Waals surface area contributed by atoms with Gasteiger partial charge in [0, 0.05) is 17.5 Å². The van der Waals surface area contributed by atoms with Crippen LogP contribution in [0.4, 0.5) is 4.79 Å². The molecule has 3 rings (SSSR count). The Morgan fingerprint density at radius 3 is 2.40 bits per heavy atom. The Morgan fingerprint density at radius 1 is 1.03 bits per heavy atom. The summed E-state index contributed by atoms with van der Waals surface area (Å²) < 4.78 is 11.1. The lowest BCUT2D eigenvalue weighted by atomic mass is 9.85. The lowest BCUT2D eigenvalue weighted by Crippen LogP contribution is -2.41. The van der Waals surface area contributed by atoms with E-state index in [2.05, 4.69) is 41.7 Å². The molecule has 1 N–H and O–H groups in total. The van der Waals surface area contributed by atoms with E-state index in [0.29, 0.717) is 11.7 Å². The minimum atomic E-state index is -0.497. The van der Waals surface area contributed by atoms with Gasteiger partial charge in [0.25, 0.3) is 0 Å². The first-order valence-electron chi connectivity index (χ1n) is 13.8. The summed E-state index contributed by atoms with van der Waals surface area (Å²) in [4.78, 5) is 16.9. The average molecular weight is 484 g/mol. The van der Waals surface area contributed by atoms with Crippen LogP contribution >= 0.6 is 0 Å². The van der Waals surface area contributed by atoms with Crippen molar-refractivity contribution in [3.63, 3.8) is 0 Å². The maximum Gasteiger partial charge on any atom is 0.407 e. The van der Waals surface area contributed by atoms with Crippen LogP contribution < -0.4 is 5.32 Å². The summed E-state index contributed by atoms with van der Waals surface area (Å²) in [6.07, 6.45) is 15.3. The van der Waals surface area contributed by atoms with Gasteiger partial charge in [-0.1, -0.05) is 87.7 Å². The molecular formula is C29H45N3O3. The van der Waals surface area contributed by atoms with Gasteiger partial charge < -0.3 is 14.6 Å². The Kier molecular flexibility index (Phi) is 10.6. The van der Waals surface area contributed by atoms with Gasteiger partial charge in [-0.3, -0.25) is 0 Å². The first kappa shape index (κ1) is 27.2. The molecule has 1 amide bonds. The van der Waals surface area contributed by atoms with Crippen LogP contribution in [-0.4, -0.2) is 27.9 Å². The number of unbranched alkanes of at least 4 members (excludes halogenated alkanes) is 7. The van der Waals surface area contributed by atoms with Crippen LogP contribution in [0.25, 0.3) is 11.4 Å². The summed E-state index contributed by atoms with van der Waals surface area (Å²) in [5.74, 6) is 1.46. The number of nitrogens with zero attached hydrogens (tertiary/aromatic N) is 2. The molecule has 6 heteroatoms. The highest BCUT2D eigenvalue weighted by Gasteiger charge is 2.29. The number of ether oxygens (including phenoxy) is 1. The SMILES string of the molecule is CCCCCCCCCCc1ccc(-c2noc([C@@H]3CCC[C@H](NC(=O)OC(C)(C)C)C3)n2)cc1. The smallest absolute Gasteiger partial charge is 0.407 e. The third-order valence-electron chi connectivity index (χ3n) is 6.72. The fourth-order valence-corrected chi connectivity index (χ4v) is 4.82. The second kappa shape index (κ2) is 13.6. The van der Waals surface area contributed by atoms with E-state index in [1.807, 2.05) is 20.8 Å². The van der Waals surface area contributed by atoms with Crippen LogP contribution in [0.15, 0.2) is 28.8 Å². The molecule has 0 unspecified atom stereocenters. The third-order valence-corrected chi connectivity index (χ3v) is 6.72. The summed E-state index contributed by atoms with van der Waals surface area (Å²) in [6.45, 7) is 7.89. The molecule has 194 valence electrons. The molecule has 0 radical (unpaired) electrons. The van der Waals surface area contributed by atoms with E-state index in [4.69, 9.17) is 14.2 Å². The third kappa shape index (κ3) is 9.65. The normalized spacial score (nSPS) is 18.4. The van der Waals surface area contributed by atoms with Crippen molar-refractivity contribution in [2.45, 2.75) is 129 Å². The van der Waals surface area contributed by atoms with Crippen LogP contribution in [0.1, 0.15) is 122 Å². The van der Waals surface area contributed by atoms with Crippen molar-refractivity contribution in [3.8, 4) is 11.4 Å². The second-order valence-corrected chi connectivity index (χ2v) is 11.1. The molecular weight excluding hydrogens is 438 g/mol. The highest BCUT2D eigenvalue weighted by atomic mass is 16.6. The van der Waals surface area contributed by atoms with Gasteiger partial charge in [0.15, 0.2) is 0 Å². The van der Waals surface area contributed by atoms with Crippen molar-refractivity contribution in [2.24, 2.45) is 0 Å². The lowest BCUT2D eigenvalue weighted by molar-refractivity contribution is 0.0488. The molecule has 6 nitrogen and oxygen atoms in total. The van der Waals surface area contributed by atoms with Gasteiger partial charge in [-0.15, -0.1) is 0 Å². The van der Waals surface area contributed by atoms with Crippen molar-refractivity contribution >= 4 is 6.09 Å². The number of hydrogen-bond donors (Lipinski definition) is 1. The summed E-state index contributed by atoms with van der Waals surface area (Å²) in [7, 11) is 0. The Morgan fingerprint density at radius 2 is 1.71 bits per heavy atom. The lowest BCUT2D eigenvalue weighted by Gasteiger charge is -2.29. The van der Waals surface area contributed by atoms with Crippen molar-refractivity contribution in [2.75, 3.05) is 0 Å². The fourth-order valence-electron chi connectivity index (χ4n) is 4.82. The van der Waals surface area contributed by atoms with Gasteiger partial charge in [0.2, 0.25) is 11.7 Å². The number of rotatable bonds is 12. The maximum atomic E-state index is 12.1. The van der Waals surface area contributed by atoms with Crippen molar-refractivity contribution in [1.82, 2.24) is 15.5 Å². The molecule has 0 aliphatic heterocycles. The number of aromatic nitrogens is 2. The second-order valence-electron chi connectivity index (χ2n) is 11.1. The average Bonchev–Trinajstić information content (AvgIpc) is 3.30. The molecule has 2 atom stereocenters. The topological polar surface area (TPSA) is 77.2 Å². The molecule has 0 spiro atoms. The Balaban J connectivity index is 1.44. The van der Waals surface area contributed by atoms with Crippen molar-refractivity contribution in [1.29, 1.82) is 0 Å².